The maximum Gasteiger partial charge on any atom is 0.0410 e. The van der Waals surface area contributed by atoms with Crippen molar-refractivity contribution < 1.29 is 0 Å². The van der Waals surface area contributed by atoms with Crippen LogP contribution in [0.1, 0.15) is 18.4 Å². The lowest BCUT2D eigenvalue weighted by atomic mass is 10.1. The van der Waals surface area contributed by atoms with E-state index in [1.54, 1.807) is 0 Å². The van der Waals surface area contributed by atoms with Crippen molar-refractivity contribution in [3.8, 4) is 0 Å². The van der Waals surface area contributed by atoms with Gasteiger partial charge >= 0.3 is 0 Å². The van der Waals surface area contributed by atoms with Crippen molar-refractivity contribution in [1.29, 1.82) is 0 Å². The minimum atomic E-state index is 0.714. The second kappa shape index (κ2) is 4.41. The summed E-state index contributed by atoms with van der Waals surface area (Å²) in [4.78, 5) is 6.63. The Morgan fingerprint density at radius 2 is 2.43 bits per heavy atom. The maximum atomic E-state index is 4.19. The van der Waals surface area contributed by atoms with Gasteiger partial charge in [-0.1, -0.05) is 0 Å². The molecule has 2 rings (SSSR count). The third-order valence-corrected chi connectivity index (χ3v) is 3.34. The zero-order valence-electron chi connectivity index (χ0n) is 8.41. The van der Waals surface area contributed by atoms with Crippen molar-refractivity contribution in [2.45, 2.75) is 25.3 Å². The Morgan fingerprint density at radius 3 is 3.07 bits per heavy atom. The molecule has 0 radical (unpaired) electrons. The molecule has 0 bridgehead atoms. The van der Waals surface area contributed by atoms with Crippen LogP contribution in [0.15, 0.2) is 22.9 Å². The summed E-state index contributed by atoms with van der Waals surface area (Å²) < 4.78 is 1.08. The predicted molar refractivity (Wildman–Crippen MR) is 61.3 cm³/mol. The highest BCUT2D eigenvalue weighted by molar-refractivity contribution is 9.10. The lowest BCUT2D eigenvalue weighted by molar-refractivity contribution is 0.309. The first-order valence-corrected chi connectivity index (χ1v) is 5.84. The van der Waals surface area contributed by atoms with E-state index in [9.17, 15) is 0 Å². The third-order valence-electron chi connectivity index (χ3n) is 2.90. The molecule has 1 aromatic rings. The van der Waals surface area contributed by atoms with Gasteiger partial charge in [0.05, 0.1) is 0 Å². The molecule has 0 saturated carbocycles. The molecule has 0 amide bonds. The second-order valence-electron chi connectivity index (χ2n) is 3.99. The second-order valence-corrected chi connectivity index (χ2v) is 4.91. The molecular weight excluding hydrogens is 240 g/mol. The van der Waals surface area contributed by atoms with E-state index in [2.05, 4.69) is 38.9 Å². The number of rotatable bonds is 2. The number of hydrogen-bond donors (Lipinski definition) is 0. The number of halogens is 1. The molecule has 0 aliphatic carbocycles. The van der Waals surface area contributed by atoms with Crippen molar-refractivity contribution in [3.05, 3.63) is 28.5 Å². The monoisotopic (exact) mass is 254 g/mol. The molecule has 2 heterocycles. The smallest absolute Gasteiger partial charge is 0.0410 e. The Hall–Kier alpha value is -0.410. The first-order valence-electron chi connectivity index (χ1n) is 5.05. The van der Waals surface area contributed by atoms with Gasteiger partial charge in [0.15, 0.2) is 0 Å². The van der Waals surface area contributed by atoms with Gasteiger partial charge in [0.2, 0.25) is 0 Å². The zero-order valence-corrected chi connectivity index (χ0v) is 10.00. The van der Waals surface area contributed by atoms with E-state index in [-0.39, 0.29) is 0 Å². The lowest BCUT2D eigenvalue weighted by Gasteiger charge is -2.19. The Balaban J connectivity index is 2.03. The summed E-state index contributed by atoms with van der Waals surface area (Å²) in [5, 5.41) is 0. The molecule has 1 aliphatic rings. The van der Waals surface area contributed by atoms with E-state index in [4.69, 9.17) is 0 Å². The zero-order chi connectivity index (χ0) is 9.97. The highest BCUT2D eigenvalue weighted by Gasteiger charge is 2.20. The number of nitrogens with zero attached hydrogens (tertiary/aromatic N) is 2. The molecule has 1 atom stereocenters. The van der Waals surface area contributed by atoms with Crippen molar-refractivity contribution in [1.82, 2.24) is 9.88 Å². The first kappa shape index (κ1) is 10.1. The first-order chi connectivity index (χ1) is 6.75. The number of hydrogen-bond acceptors (Lipinski definition) is 2. The number of likely N-dealkylation sites (tertiary alicyclic amines) is 1. The standard InChI is InChI=1S/C11H15BrN2/c1-14-4-2-3-11(14)6-9-5-10(12)8-13-7-9/h5,7-8,11H,2-4,6H2,1H3. The van der Waals surface area contributed by atoms with Gasteiger partial charge in [-0.05, 0) is 60.4 Å². The van der Waals surface area contributed by atoms with Gasteiger partial charge in [0, 0.05) is 22.9 Å². The van der Waals surface area contributed by atoms with Crippen LogP contribution in [0.5, 0.6) is 0 Å². The summed E-state index contributed by atoms with van der Waals surface area (Å²) in [5.74, 6) is 0. The molecule has 76 valence electrons. The summed E-state index contributed by atoms with van der Waals surface area (Å²) in [6.07, 6.45) is 7.59. The molecule has 0 spiro atoms. The van der Waals surface area contributed by atoms with Crippen molar-refractivity contribution in [3.63, 3.8) is 0 Å². The Bertz CT molecular complexity index is 314. The fraction of sp³-hybridized carbons (Fsp3) is 0.545. The van der Waals surface area contributed by atoms with Gasteiger partial charge in [-0.3, -0.25) is 4.98 Å². The molecule has 1 aromatic heterocycles. The number of pyridine rings is 1. The van der Waals surface area contributed by atoms with E-state index >= 15 is 0 Å². The van der Waals surface area contributed by atoms with Crippen LogP contribution in [0.25, 0.3) is 0 Å². The van der Waals surface area contributed by atoms with E-state index < -0.39 is 0 Å². The topological polar surface area (TPSA) is 16.1 Å². The van der Waals surface area contributed by atoms with Crippen LogP contribution >= 0.6 is 15.9 Å². The van der Waals surface area contributed by atoms with Gasteiger partial charge < -0.3 is 4.90 Å². The van der Waals surface area contributed by atoms with Crippen LogP contribution in [0.2, 0.25) is 0 Å². The summed E-state index contributed by atoms with van der Waals surface area (Å²) >= 11 is 3.45. The number of aromatic nitrogens is 1. The van der Waals surface area contributed by atoms with Crippen molar-refractivity contribution >= 4 is 15.9 Å². The summed E-state index contributed by atoms with van der Waals surface area (Å²) in [6, 6.07) is 2.88. The Kier molecular flexibility index (Phi) is 3.19. The highest BCUT2D eigenvalue weighted by atomic mass is 79.9. The molecule has 14 heavy (non-hydrogen) atoms. The Labute approximate surface area is 93.5 Å². The van der Waals surface area contributed by atoms with Crippen LogP contribution in [-0.4, -0.2) is 29.5 Å². The predicted octanol–water partition coefficient (Wildman–Crippen LogP) is 2.48. The maximum absolute atomic E-state index is 4.19. The van der Waals surface area contributed by atoms with Crippen molar-refractivity contribution in [2.75, 3.05) is 13.6 Å². The van der Waals surface area contributed by atoms with Crippen molar-refractivity contribution in [2.24, 2.45) is 0 Å². The van der Waals surface area contributed by atoms with Gasteiger partial charge in [0.1, 0.15) is 0 Å². The van der Waals surface area contributed by atoms with Crippen LogP contribution in [-0.2, 0) is 6.42 Å². The average Bonchev–Trinajstić information content (AvgIpc) is 2.52. The molecule has 2 nitrogen and oxygen atoms in total. The van der Waals surface area contributed by atoms with Gasteiger partial charge in [-0.25, -0.2) is 0 Å². The normalized spacial score (nSPS) is 22.9. The largest absolute Gasteiger partial charge is 0.303 e. The summed E-state index contributed by atoms with van der Waals surface area (Å²) in [6.45, 7) is 1.24. The minimum absolute atomic E-state index is 0.714. The van der Waals surface area contributed by atoms with Gasteiger partial charge in [-0.15, -0.1) is 0 Å². The van der Waals surface area contributed by atoms with E-state index in [1.807, 2.05) is 12.4 Å². The quantitative estimate of drug-likeness (QED) is 0.807. The molecule has 0 aromatic carbocycles. The van der Waals surface area contributed by atoms with Crippen LogP contribution < -0.4 is 0 Å². The number of likely N-dealkylation sites (N-methyl/N-ethyl adjacent to an activating group) is 1. The lowest BCUT2D eigenvalue weighted by Crippen LogP contribution is -2.26. The fourth-order valence-electron chi connectivity index (χ4n) is 2.08. The minimum Gasteiger partial charge on any atom is -0.303 e. The van der Waals surface area contributed by atoms with E-state index in [0.29, 0.717) is 6.04 Å². The van der Waals surface area contributed by atoms with E-state index in [0.717, 1.165) is 10.9 Å². The molecule has 1 unspecified atom stereocenters. The van der Waals surface area contributed by atoms with Gasteiger partial charge in [0.25, 0.3) is 0 Å². The van der Waals surface area contributed by atoms with Crippen LogP contribution in [0, 0.1) is 0 Å². The molecule has 3 heteroatoms. The van der Waals surface area contributed by atoms with Crippen LogP contribution in [0.3, 0.4) is 0 Å². The summed E-state index contributed by atoms with van der Waals surface area (Å²) in [5.41, 5.74) is 1.33. The fourth-order valence-corrected chi connectivity index (χ4v) is 2.49. The van der Waals surface area contributed by atoms with Gasteiger partial charge in [-0.2, -0.15) is 0 Å². The summed E-state index contributed by atoms with van der Waals surface area (Å²) in [7, 11) is 2.21. The van der Waals surface area contributed by atoms with Crippen LogP contribution in [0.4, 0.5) is 0 Å². The molecule has 1 saturated heterocycles. The molecule has 1 aliphatic heterocycles. The highest BCUT2D eigenvalue weighted by Crippen LogP contribution is 2.20. The molecule has 0 N–H and O–H groups in total. The average molecular weight is 255 g/mol. The molecular formula is C11H15BrN2. The molecule has 1 fully saturated rings. The third kappa shape index (κ3) is 2.34. The Morgan fingerprint density at radius 1 is 1.57 bits per heavy atom. The SMILES string of the molecule is CN1CCCC1Cc1cncc(Br)c1. The van der Waals surface area contributed by atoms with E-state index in [1.165, 1.54) is 24.9 Å².